The molecule has 0 spiro atoms. The van der Waals surface area contributed by atoms with Gasteiger partial charge in [-0.2, -0.15) is 0 Å². The quantitative estimate of drug-likeness (QED) is 0.579. The molecule has 0 aromatic carbocycles. The molecule has 0 bridgehead atoms. The van der Waals surface area contributed by atoms with Crippen LogP contribution in [0.25, 0.3) is 0 Å². The maximum atomic E-state index is 10.3. The summed E-state index contributed by atoms with van der Waals surface area (Å²) in [4.78, 5) is 10.3. The van der Waals surface area contributed by atoms with E-state index in [0.29, 0.717) is 22.1 Å². The lowest BCUT2D eigenvalue weighted by Gasteiger charge is -1.87. The van der Waals surface area contributed by atoms with E-state index in [0.717, 1.165) is 6.29 Å². The predicted octanol–water partition coefficient (Wildman–Crippen LogP) is 2.76. The standard InChI is InChI=1S/C8H6Cl2O/c9-7-1-2-8(10)4-6(3-7)5-11/h1,3-5H,2H2. The summed E-state index contributed by atoms with van der Waals surface area (Å²) in [6.45, 7) is 0. The minimum absolute atomic E-state index is 0.508. The van der Waals surface area contributed by atoms with Gasteiger partial charge in [0.2, 0.25) is 0 Å². The maximum Gasteiger partial charge on any atom is 0.150 e. The number of hydrogen-bond donors (Lipinski definition) is 0. The van der Waals surface area contributed by atoms with Gasteiger partial charge in [-0.25, -0.2) is 0 Å². The molecule has 0 saturated heterocycles. The van der Waals surface area contributed by atoms with Crippen LogP contribution >= 0.6 is 23.2 Å². The van der Waals surface area contributed by atoms with Crippen molar-refractivity contribution in [3.8, 4) is 0 Å². The normalized spacial score (nSPS) is 17.8. The first-order valence-electron chi connectivity index (χ1n) is 3.11. The van der Waals surface area contributed by atoms with Crippen molar-refractivity contribution in [2.75, 3.05) is 0 Å². The molecule has 0 N–H and O–H groups in total. The molecule has 0 radical (unpaired) electrons. The van der Waals surface area contributed by atoms with Gasteiger partial charge in [-0.1, -0.05) is 29.3 Å². The van der Waals surface area contributed by atoms with Crippen molar-refractivity contribution < 1.29 is 4.79 Å². The highest BCUT2D eigenvalue weighted by Gasteiger charge is 2.00. The zero-order valence-corrected chi connectivity index (χ0v) is 7.19. The van der Waals surface area contributed by atoms with Gasteiger partial charge in [-0.3, -0.25) is 4.79 Å². The van der Waals surface area contributed by atoms with Crippen LogP contribution < -0.4 is 0 Å². The van der Waals surface area contributed by atoms with E-state index in [1.165, 1.54) is 0 Å². The van der Waals surface area contributed by atoms with Crippen LogP contribution in [-0.4, -0.2) is 6.29 Å². The van der Waals surface area contributed by atoms with Crippen molar-refractivity contribution in [2.24, 2.45) is 0 Å². The second-order valence-electron chi connectivity index (χ2n) is 2.15. The third-order valence-electron chi connectivity index (χ3n) is 1.26. The fraction of sp³-hybridized carbons (Fsp3) is 0.125. The van der Waals surface area contributed by atoms with E-state index in [4.69, 9.17) is 23.2 Å². The molecule has 3 heteroatoms. The summed E-state index contributed by atoms with van der Waals surface area (Å²) >= 11 is 11.4. The molecule has 1 aliphatic rings. The maximum absolute atomic E-state index is 10.3. The molecule has 0 atom stereocenters. The van der Waals surface area contributed by atoms with Gasteiger partial charge in [-0.05, 0) is 12.2 Å². The Morgan fingerprint density at radius 2 is 2.09 bits per heavy atom. The number of aldehydes is 1. The molecule has 0 saturated carbocycles. The summed E-state index contributed by atoms with van der Waals surface area (Å²) in [7, 11) is 0. The molecule has 0 aromatic heterocycles. The summed E-state index contributed by atoms with van der Waals surface area (Å²) in [5.74, 6) is 0. The van der Waals surface area contributed by atoms with E-state index in [1.54, 1.807) is 18.2 Å². The number of carbonyl (C=O) groups excluding carboxylic acids is 1. The molecular formula is C8H6Cl2O. The number of rotatable bonds is 1. The van der Waals surface area contributed by atoms with Crippen molar-refractivity contribution >= 4 is 29.5 Å². The summed E-state index contributed by atoms with van der Waals surface area (Å²) in [5.41, 5.74) is 0.508. The van der Waals surface area contributed by atoms with Gasteiger partial charge in [-0.15, -0.1) is 0 Å². The van der Waals surface area contributed by atoms with Gasteiger partial charge in [0, 0.05) is 22.1 Å². The van der Waals surface area contributed by atoms with Crippen LogP contribution in [0.4, 0.5) is 0 Å². The molecular weight excluding hydrogens is 183 g/mol. The van der Waals surface area contributed by atoms with Crippen LogP contribution in [0.15, 0.2) is 33.9 Å². The SMILES string of the molecule is O=CC1=CC(Cl)=CCC(Cl)=C1. The van der Waals surface area contributed by atoms with E-state index >= 15 is 0 Å². The smallest absolute Gasteiger partial charge is 0.150 e. The highest BCUT2D eigenvalue weighted by molar-refractivity contribution is 6.33. The van der Waals surface area contributed by atoms with E-state index in [2.05, 4.69) is 0 Å². The second-order valence-corrected chi connectivity index (χ2v) is 3.07. The number of hydrogen-bond acceptors (Lipinski definition) is 1. The average Bonchev–Trinajstić information content (AvgIpc) is 2.13. The summed E-state index contributed by atoms with van der Waals surface area (Å²) < 4.78 is 0. The lowest BCUT2D eigenvalue weighted by molar-refractivity contribution is -0.104. The van der Waals surface area contributed by atoms with Gasteiger partial charge >= 0.3 is 0 Å². The number of carbonyl (C=O) groups is 1. The minimum atomic E-state index is 0.508. The van der Waals surface area contributed by atoms with Crippen LogP contribution in [0, 0.1) is 0 Å². The van der Waals surface area contributed by atoms with Crippen LogP contribution in [-0.2, 0) is 4.79 Å². The van der Waals surface area contributed by atoms with E-state index in [-0.39, 0.29) is 0 Å². The molecule has 0 aromatic rings. The Labute approximate surface area is 75.0 Å². The summed E-state index contributed by atoms with van der Waals surface area (Å²) in [5, 5.41) is 1.18. The Morgan fingerprint density at radius 1 is 1.36 bits per heavy atom. The molecule has 1 aliphatic carbocycles. The Kier molecular flexibility index (Phi) is 2.92. The van der Waals surface area contributed by atoms with E-state index < -0.39 is 0 Å². The van der Waals surface area contributed by atoms with Crippen molar-refractivity contribution in [1.29, 1.82) is 0 Å². The molecule has 58 valence electrons. The zero-order valence-electron chi connectivity index (χ0n) is 5.68. The molecule has 0 fully saturated rings. The molecule has 11 heavy (non-hydrogen) atoms. The number of allylic oxidation sites excluding steroid dienone is 6. The fourth-order valence-corrected chi connectivity index (χ4v) is 1.17. The minimum Gasteiger partial charge on any atom is -0.298 e. The molecule has 1 rings (SSSR count). The number of halogens is 2. The molecule has 0 amide bonds. The lowest BCUT2D eigenvalue weighted by Crippen LogP contribution is -1.77. The topological polar surface area (TPSA) is 17.1 Å². The van der Waals surface area contributed by atoms with Crippen molar-refractivity contribution in [2.45, 2.75) is 6.42 Å². The van der Waals surface area contributed by atoms with Crippen LogP contribution in [0.5, 0.6) is 0 Å². The largest absolute Gasteiger partial charge is 0.298 e. The third-order valence-corrected chi connectivity index (χ3v) is 1.78. The molecule has 0 heterocycles. The molecule has 0 aliphatic heterocycles. The summed E-state index contributed by atoms with van der Waals surface area (Å²) in [6, 6.07) is 0. The Morgan fingerprint density at radius 3 is 2.73 bits per heavy atom. The van der Waals surface area contributed by atoms with Crippen molar-refractivity contribution in [3.63, 3.8) is 0 Å². The van der Waals surface area contributed by atoms with Crippen LogP contribution in [0.1, 0.15) is 6.42 Å². The third kappa shape index (κ3) is 2.52. The van der Waals surface area contributed by atoms with Gasteiger partial charge < -0.3 is 0 Å². The van der Waals surface area contributed by atoms with Crippen LogP contribution in [0.3, 0.4) is 0 Å². The monoisotopic (exact) mass is 188 g/mol. The van der Waals surface area contributed by atoms with E-state index in [1.807, 2.05) is 0 Å². The molecule has 0 unspecified atom stereocenters. The van der Waals surface area contributed by atoms with Crippen molar-refractivity contribution in [3.05, 3.63) is 33.9 Å². The van der Waals surface area contributed by atoms with Crippen molar-refractivity contribution in [1.82, 2.24) is 0 Å². The average molecular weight is 189 g/mol. The summed E-state index contributed by atoms with van der Waals surface area (Å²) in [6.07, 6.45) is 6.28. The first kappa shape index (κ1) is 8.57. The fourth-order valence-electron chi connectivity index (χ4n) is 0.763. The van der Waals surface area contributed by atoms with Gasteiger partial charge in [0.25, 0.3) is 0 Å². The second kappa shape index (κ2) is 3.74. The Hall–Kier alpha value is -0.530. The highest BCUT2D eigenvalue weighted by Crippen LogP contribution is 2.19. The Bertz CT molecular complexity index is 261. The van der Waals surface area contributed by atoms with Crippen LogP contribution in [0.2, 0.25) is 0 Å². The highest BCUT2D eigenvalue weighted by atomic mass is 35.5. The van der Waals surface area contributed by atoms with Gasteiger partial charge in [0.15, 0.2) is 0 Å². The zero-order chi connectivity index (χ0) is 8.27. The first-order chi connectivity index (χ1) is 5.22. The predicted molar refractivity (Wildman–Crippen MR) is 46.6 cm³/mol. The van der Waals surface area contributed by atoms with Gasteiger partial charge in [0.05, 0.1) is 0 Å². The molecule has 1 nitrogen and oxygen atoms in total. The lowest BCUT2D eigenvalue weighted by atomic mass is 10.2. The van der Waals surface area contributed by atoms with E-state index in [9.17, 15) is 4.79 Å². The van der Waals surface area contributed by atoms with Gasteiger partial charge in [0.1, 0.15) is 6.29 Å². The first-order valence-corrected chi connectivity index (χ1v) is 3.86. The Balaban J connectivity index is 2.98.